The van der Waals surface area contributed by atoms with Crippen LogP contribution in [0.5, 0.6) is 5.75 Å². The van der Waals surface area contributed by atoms with Gasteiger partial charge in [0.25, 0.3) is 0 Å². The molecule has 0 aromatic heterocycles. The third-order valence-corrected chi connectivity index (χ3v) is 3.26. The van der Waals surface area contributed by atoms with E-state index in [1.807, 2.05) is 24.3 Å². The van der Waals surface area contributed by atoms with Crippen molar-refractivity contribution in [3.8, 4) is 5.75 Å². The molecule has 1 aliphatic rings. The molecule has 4 nitrogen and oxygen atoms in total. The Labute approximate surface area is 120 Å². The van der Waals surface area contributed by atoms with Crippen molar-refractivity contribution < 1.29 is 9.53 Å². The zero-order chi connectivity index (χ0) is 12.8. The van der Waals surface area contributed by atoms with Crippen LogP contribution in [0.25, 0.3) is 0 Å². The number of methoxy groups -OCH3 is 1. The van der Waals surface area contributed by atoms with Gasteiger partial charge in [0.2, 0.25) is 5.91 Å². The Morgan fingerprint density at radius 3 is 3.05 bits per heavy atom. The number of nitrogens with one attached hydrogen (secondary N) is 2. The van der Waals surface area contributed by atoms with Gasteiger partial charge in [0.05, 0.1) is 7.11 Å². The summed E-state index contributed by atoms with van der Waals surface area (Å²) >= 11 is 0. The molecule has 1 aliphatic heterocycles. The molecule has 1 aromatic rings. The van der Waals surface area contributed by atoms with Gasteiger partial charge in [0, 0.05) is 13.0 Å². The lowest BCUT2D eigenvalue weighted by molar-refractivity contribution is -0.122. The highest BCUT2D eigenvalue weighted by Gasteiger charge is 2.17. The van der Waals surface area contributed by atoms with Crippen molar-refractivity contribution in [2.45, 2.75) is 19.4 Å². The molecule has 0 bridgehead atoms. The summed E-state index contributed by atoms with van der Waals surface area (Å²) in [7, 11) is 1.64. The largest absolute Gasteiger partial charge is 0.497 e. The van der Waals surface area contributed by atoms with Crippen molar-refractivity contribution in [3.63, 3.8) is 0 Å². The SMILES string of the molecule is COc1cccc(CNC(=O)CC2CCNC2)c1.Cl. The first-order valence-corrected chi connectivity index (χ1v) is 6.38. The molecule has 2 N–H and O–H groups in total. The maximum absolute atomic E-state index is 11.8. The lowest BCUT2D eigenvalue weighted by atomic mass is 10.0. The summed E-state index contributed by atoms with van der Waals surface area (Å²) in [5, 5.41) is 6.22. The Morgan fingerprint density at radius 1 is 1.53 bits per heavy atom. The summed E-state index contributed by atoms with van der Waals surface area (Å²) in [6.07, 6.45) is 1.73. The molecule has 1 saturated heterocycles. The van der Waals surface area contributed by atoms with E-state index in [4.69, 9.17) is 4.74 Å². The zero-order valence-corrected chi connectivity index (χ0v) is 12.0. The van der Waals surface area contributed by atoms with Crippen molar-refractivity contribution in [2.75, 3.05) is 20.2 Å². The van der Waals surface area contributed by atoms with Crippen LogP contribution in [0, 0.1) is 5.92 Å². The number of halogens is 1. The smallest absolute Gasteiger partial charge is 0.220 e. The molecule has 1 aromatic carbocycles. The Hall–Kier alpha value is -1.26. The first-order valence-electron chi connectivity index (χ1n) is 6.38. The first-order chi connectivity index (χ1) is 8.78. The fourth-order valence-corrected chi connectivity index (χ4v) is 2.21. The van der Waals surface area contributed by atoms with Crippen LogP contribution in [-0.4, -0.2) is 26.1 Å². The van der Waals surface area contributed by atoms with Crippen LogP contribution in [0.4, 0.5) is 0 Å². The fourth-order valence-electron chi connectivity index (χ4n) is 2.21. The van der Waals surface area contributed by atoms with E-state index in [0.29, 0.717) is 18.9 Å². The van der Waals surface area contributed by atoms with E-state index in [0.717, 1.165) is 30.8 Å². The molecule has 0 saturated carbocycles. The van der Waals surface area contributed by atoms with Crippen LogP contribution in [0.3, 0.4) is 0 Å². The molecular weight excluding hydrogens is 264 g/mol. The van der Waals surface area contributed by atoms with E-state index >= 15 is 0 Å². The minimum atomic E-state index is 0. The van der Waals surface area contributed by atoms with Gasteiger partial charge in [-0.15, -0.1) is 12.4 Å². The monoisotopic (exact) mass is 284 g/mol. The number of carbonyl (C=O) groups is 1. The summed E-state index contributed by atoms with van der Waals surface area (Å²) in [4.78, 5) is 11.8. The molecule has 19 heavy (non-hydrogen) atoms. The summed E-state index contributed by atoms with van der Waals surface area (Å²) in [6.45, 7) is 2.57. The minimum Gasteiger partial charge on any atom is -0.497 e. The predicted octanol–water partition coefficient (Wildman–Crippen LogP) is 1.73. The molecule has 0 aliphatic carbocycles. The molecule has 2 rings (SSSR count). The van der Waals surface area contributed by atoms with Gasteiger partial charge in [-0.3, -0.25) is 4.79 Å². The van der Waals surface area contributed by atoms with E-state index in [9.17, 15) is 4.79 Å². The van der Waals surface area contributed by atoms with Gasteiger partial charge in [-0.2, -0.15) is 0 Å². The van der Waals surface area contributed by atoms with Crippen LogP contribution < -0.4 is 15.4 Å². The molecule has 0 spiro atoms. The van der Waals surface area contributed by atoms with Gasteiger partial charge in [0.1, 0.15) is 5.75 Å². The number of rotatable bonds is 5. The summed E-state index contributed by atoms with van der Waals surface area (Å²) < 4.78 is 5.15. The van der Waals surface area contributed by atoms with Crippen LogP contribution in [0.15, 0.2) is 24.3 Å². The normalized spacial score (nSPS) is 17.6. The molecule has 5 heteroatoms. The molecular formula is C14H21ClN2O2. The number of hydrogen-bond acceptors (Lipinski definition) is 3. The number of benzene rings is 1. The average molecular weight is 285 g/mol. The Balaban J connectivity index is 0.00000180. The first kappa shape index (κ1) is 15.8. The lowest BCUT2D eigenvalue weighted by Gasteiger charge is -2.09. The summed E-state index contributed by atoms with van der Waals surface area (Å²) in [6, 6.07) is 7.76. The number of hydrogen-bond donors (Lipinski definition) is 2. The second kappa shape index (κ2) is 8.02. The standard InChI is InChI=1S/C14H20N2O2.ClH/c1-18-13-4-2-3-11(7-13)10-16-14(17)8-12-5-6-15-9-12;/h2-4,7,12,15H,5-6,8-10H2,1H3,(H,16,17);1H. The Kier molecular flexibility index (Phi) is 6.67. The molecule has 1 atom stereocenters. The predicted molar refractivity (Wildman–Crippen MR) is 77.7 cm³/mol. The van der Waals surface area contributed by atoms with Gasteiger partial charge < -0.3 is 15.4 Å². The summed E-state index contributed by atoms with van der Waals surface area (Å²) in [5.41, 5.74) is 1.06. The maximum atomic E-state index is 11.8. The highest BCUT2D eigenvalue weighted by Crippen LogP contribution is 2.13. The number of ether oxygens (including phenoxy) is 1. The van der Waals surface area contributed by atoms with Crippen molar-refractivity contribution in [3.05, 3.63) is 29.8 Å². The maximum Gasteiger partial charge on any atom is 0.220 e. The number of carbonyl (C=O) groups excluding carboxylic acids is 1. The fraction of sp³-hybridized carbons (Fsp3) is 0.500. The quantitative estimate of drug-likeness (QED) is 0.866. The Morgan fingerprint density at radius 2 is 2.37 bits per heavy atom. The van der Waals surface area contributed by atoms with E-state index in [1.54, 1.807) is 7.11 Å². The van der Waals surface area contributed by atoms with Crippen molar-refractivity contribution in [1.82, 2.24) is 10.6 Å². The van der Waals surface area contributed by atoms with E-state index in [1.165, 1.54) is 0 Å². The molecule has 1 heterocycles. The lowest BCUT2D eigenvalue weighted by Crippen LogP contribution is -2.25. The van der Waals surface area contributed by atoms with Crippen molar-refractivity contribution >= 4 is 18.3 Å². The third-order valence-electron chi connectivity index (χ3n) is 3.26. The zero-order valence-electron chi connectivity index (χ0n) is 11.1. The van der Waals surface area contributed by atoms with Crippen LogP contribution in [0.1, 0.15) is 18.4 Å². The average Bonchev–Trinajstić information content (AvgIpc) is 2.89. The minimum absolute atomic E-state index is 0. The van der Waals surface area contributed by atoms with Gasteiger partial charge in [-0.1, -0.05) is 12.1 Å². The van der Waals surface area contributed by atoms with Crippen LogP contribution in [-0.2, 0) is 11.3 Å². The number of amides is 1. The molecule has 1 fully saturated rings. The third kappa shape index (κ3) is 5.09. The van der Waals surface area contributed by atoms with E-state index in [2.05, 4.69) is 10.6 Å². The second-order valence-corrected chi connectivity index (χ2v) is 4.69. The van der Waals surface area contributed by atoms with Gasteiger partial charge in [-0.25, -0.2) is 0 Å². The molecule has 1 amide bonds. The Bertz CT molecular complexity index is 406. The topological polar surface area (TPSA) is 50.4 Å². The van der Waals surface area contributed by atoms with Gasteiger partial charge in [0.15, 0.2) is 0 Å². The van der Waals surface area contributed by atoms with E-state index in [-0.39, 0.29) is 18.3 Å². The van der Waals surface area contributed by atoms with Crippen molar-refractivity contribution in [2.24, 2.45) is 5.92 Å². The van der Waals surface area contributed by atoms with Crippen LogP contribution >= 0.6 is 12.4 Å². The summed E-state index contributed by atoms with van der Waals surface area (Å²) in [5.74, 6) is 1.45. The van der Waals surface area contributed by atoms with Crippen molar-refractivity contribution in [1.29, 1.82) is 0 Å². The molecule has 1 unspecified atom stereocenters. The van der Waals surface area contributed by atoms with Crippen LogP contribution in [0.2, 0.25) is 0 Å². The molecule has 106 valence electrons. The second-order valence-electron chi connectivity index (χ2n) is 4.69. The van der Waals surface area contributed by atoms with Gasteiger partial charge in [-0.05, 0) is 43.1 Å². The van der Waals surface area contributed by atoms with Gasteiger partial charge >= 0.3 is 0 Å². The molecule has 0 radical (unpaired) electrons. The van der Waals surface area contributed by atoms with E-state index < -0.39 is 0 Å². The highest BCUT2D eigenvalue weighted by molar-refractivity contribution is 5.85. The highest BCUT2D eigenvalue weighted by atomic mass is 35.5.